The van der Waals surface area contributed by atoms with Crippen molar-refractivity contribution in [2.75, 3.05) is 5.75 Å². The summed E-state index contributed by atoms with van der Waals surface area (Å²) in [5, 5.41) is 19.3. The Hall–Kier alpha value is -1.07. The molecule has 4 nitrogen and oxygen atoms in total. The van der Waals surface area contributed by atoms with Crippen LogP contribution in [0.25, 0.3) is 0 Å². The fraction of sp³-hybridized carbons (Fsp3) is 0.500. The van der Waals surface area contributed by atoms with Gasteiger partial charge in [-0.1, -0.05) is 0 Å². The smallest absolute Gasteiger partial charge is 0.338 e. The molecule has 0 bridgehead atoms. The first-order chi connectivity index (χ1) is 7.70. The summed E-state index contributed by atoms with van der Waals surface area (Å²) in [5.41, 5.74) is 0.860. The minimum absolute atomic E-state index is 0.227. The number of carboxylic acid groups (broad SMARTS) is 1. The Kier molecular flexibility index (Phi) is 4.16. The van der Waals surface area contributed by atoms with Crippen LogP contribution in [0.1, 0.15) is 35.5 Å². The van der Waals surface area contributed by atoms with Gasteiger partial charge in [0.2, 0.25) is 0 Å². The van der Waals surface area contributed by atoms with Crippen molar-refractivity contribution in [3.63, 3.8) is 0 Å². The third kappa shape index (κ3) is 4.02. The number of aromatic carboxylic acids is 1. The van der Waals surface area contributed by atoms with Gasteiger partial charge in [0, 0.05) is 11.4 Å². The molecular weight excluding hydrogens is 238 g/mol. The van der Waals surface area contributed by atoms with Gasteiger partial charge in [0.15, 0.2) is 0 Å². The van der Waals surface area contributed by atoms with Gasteiger partial charge in [-0.2, -0.15) is 0 Å². The maximum absolute atomic E-state index is 11.2. The van der Waals surface area contributed by atoms with Gasteiger partial charge in [0.05, 0.1) is 11.2 Å². The predicted molar refractivity (Wildman–Crippen MR) is 67.7 cm³/mol. The van der Waals surface area contributed by atoms with Crippen molar-refractivity contribution in [2.45, 2.75) is 38.3 Å². The van der Waals surface area contributed by atoms with Crippen molar-refractivity contribution in [1.29, 1.82) is 0 Å². The van der Waals surface area contributed by atoms with E-state index in [-0.39, 0.29) is 5.56 Å². The lowest BCUT2D eigenvalue weighted by atomic mass is 10.1. The van der Waals surface area contributed by atoms with Crippen molar-refractivity contribution < 1.29 is 15.0 Å². The molecule has 0 aliphatic rings. The van der Waals surface area contributed by atoms with E-state index in [0.717, 1.165) is 5.69 Å². The second-order valence-electron chi connectivity index (χ2n) is 4.67. The Morgan fingerprint density at radius 3 is 2.53 bits per heavy atom. The van der Waals surface area contributed by atoms with Crippen LogP contribution in [-0.4, -0.2) is 32.5 Å². The topological polar surface area (TPSA) is 70.4 Å². The number of rotatable bonds is 4. The summed E-state index contributed by atoms with van der Waals surface area (Å²) < 4.78 is 0. The molecule has 0 amide bonds. The zero-order chi connectivity index (χ0) is 13.2. The summed E-state index contributed by atoms with van der Waals surface area (Å²) in [6, 6.07) is 1.75. The summed E-state index contributed by atoms with van der Waals surface area (Å²) in [6.07, 6.45) is 0. The third-order valence-electron chi connectivity index (χ3n) is 2.09. The maximum Gasteiger partial charge on any atom is 0.338 e. The van der Waals surface area contributed by atoms with Gasteiger partial charge in [-0.15, -0.1) is 11.8 Å². The molecule has 0 aliphatic heterocycles. The van der Waals surface area contributed by atoms with Gasteiger partial charge in [0.1, 0.15) is 5.03 Å². The van der Waals surface area contributed by atoms with Crippen LogP contribution in [0.15, 0.2) is 11.1 Å². The number of hydrogen-bond acceptors (Lipinski definition) is 4. The standard InChI is InChI=1S/C12H17NO3S/c1-7-5-8(2)13-10(9(7)11(14)15)17-6-12(3,4)16/h5,16H,6H2,1-4H3,(H,14,15). The Bertz CT molecular complexity index is 438. The summed E-state index contributed by atoms with van der Waals surface area (Å²) in [5.74, 6) is -0.573. The van der Waals surface area contributed by atoms with Gasteiger partial charge in [0.25, 0.3) is 0 Å². The third-order valence-corrected chi connectivity index (χ3v) is 3.51. The quantitative estimate of drug-likeness (QED) is 0.808. The van der Waals surface area contributed by atoms with E-state index in [0.29, 0.717) is 16.3 Å². The second kappa shape index (κ2) is 5.06. The van der Waals surface area contributed by atoms with E-state index >= 15 is 0 Å². The number of aryl methyl sites for hydroxylation is 2. The van der Waals surface area contributed by atoms with Crippen molar-refractivity contribution in [1.82, 2.24) is 4.98 Å². The number of thioether (sulfide) groups is 1. The van der Waals surface area contributed by atoms with Gasteiger partial charge in [-0.3, -0.25) is 0 Å². The summed E-state index contributed by atoms with van der Waals surface area (Å²) >= 11 is 1.27. The molecule has 0 saturated carbocycles. The highest BCUT2D eigenvalue weighted by atomic mass is 32.2. The lowest BCUT2D eigenvalue weighted by Crippen LogP contribution is -2.22. The summed E-state index contributed by atoms with van der Waals surface area (Å²) in [7, 11) is 0. The SMILES string of the molecule is Cc1cc(C)c(C(=O)O)c(SCC(C)(C)O)n1. The minimum Gasteiger partial charge on any atom is -0.478 e. The molecule has 0 saturated heterocycles. The predicted octanol–water partition coefficient (Wildman–Crippen LogP) is 2.26. The maximum atomic E-state index is 11.2. The fourth-order valence-corrected chi connectivity index (χ4v) is 2.50. The average Bonchev–Trinajstić information content (AvgIpc) is 2.11. The molecule has 0 radical (unpaired) electrons. The van der Waals surface area contributed by atoms with Crippen molar-refractivity contribution in [3.8, 4) is 0 Å². The second-order valence-corrected chi connectivity index (χ2v) is 5.63. The zero-order valence-electron chi connectivity index (χ0n) is 10.4. The molecule has 5 heteroatoms. The van der Waals surface area contributed by atoms with Gasteiger partial charge in [-0.25, -0.2) is 9.78 Å². The monoisotopic (exact) mass is 255 g/mol. The number of aliphatic hydroxyl groups is 1. The summed E-state index contributed by atoms with van der Waals surface area (Å²) in [4.78, 5) is 15.4. The van der Waals surface area contributed by atoms with Crippen LogP contribution >= 0.6 is 11.8 Å². The van der Waals surface area contributed by atoms with Crippen LogP contribution in [0.3, 0.4) is 0 Å². The van der Waals surface area contributed by atoms with Crippen molar-refractivity contribution in [2.24, 2.45) is 0 Å². The number of carboxylic acids is 1. The van der Waals surface area contributed by atoms with E-state index in [1.807, 2.05) is 6.92 Å². The molecule has 0 atom stereocenters. The molecule has 1 aromatic rings. The molecule has 0 spiro atoms. The van der Waals surface area contributed by atoms with Crippen LogP contribution in [0.2, 0.25) is 0 Å². The number of nitrogens with zero attached hydrogens (tertiary/aromatic N) is 1. The van der Waals surface area contributed by atoms with E-state index in [2.05, 4.69) is 4.98 Å². The molecule has 0 aromatic carbocycles. The van der Waals surface area contributed by atoms with E-state index in [9.17, 15) is 9.90 Å². The molecule has 2 N–H and O–H groups in total. The molecule has 1 heterocycles. The van der Waals surface area contributed by atoms with Crippen LogP contribution in [0, 0.1) is 13.8 Å². The molecule has 0 fully saturated rings. The average molecular weight is 255 g/mol. The van der Waals surface area contributed by atoms with E-state index in [4.69, 9.17) is 5.11 Å². The molecule has 0 unspecified atom stereocenters. The minimum atomic E-state index is -0.978. The molecule has 1 rings (SSSR count). The Morgan fingerprint density at radius 1 is 1.47 bits per heavy atom. The first-order valence-corrected chi connectivity index (χ1v) is 6.26. The number of carbonyl (C=O) groups is 1. The van der Waals surface area contributed by atoms with Gasteiger partial charge in [-0.05, 0) is 39.3 Å². The molecule has 17 heavy (non-hydrogen) atoms. The fourth-order valence-electron chi connectivity index (χ4n) is 1.41. The van der Waals surface area contributed by atoms with E-state index < -0.39 is 11.6 Å². The first kappa shape index (κ1) is 14.0. The normalized spacial score (nSPS) is 11.6. The highest BCUT2D eigenvalue weighted by Gasteiger charge is 2.19. The van der Waals surface area contributed by atoms with Gasteiger partial charge >= 0.3 is 5.97 Å². The Balaban J connectivity index is 3.09. The van der Waals surface area contributed by atoms with E-state index in [1.54, 1.807) is 26.8 Å². The number of aromatic nitrogens is 1. The largest absolute Gasteiger partial charge is 0.478 e. The Morgan fingerprint density at radius 2 is 2.06 bits per heavy atom. The lowest BCUT2D eigenvalue weighted by Gasteiger charge is -2.17. The molecule has 0 aliphatic carbocycles. The van der Waals surface area contributed by atoms with Crippen LogP contribution in [0.5, 0.6) is 0 Å². The summed E-state index contributed by atoms with van der Waals surface area (Å²) in [6.45, 7) is 6.95. The molecule has 1 aromatic heterocycles. The van der Waals surface area contributed by atoms with Gasteiger partial charge < -0.3 is 10.2 Å². The molecule has 94 valence electrons. The van der Waals surface area contributed by atoms with Crippen LogP contribution < -0.4 is 0 Å². The van der Waals surface area contributed by atoms with Crippen LogP contribution in [0.4, 0.5) is 0 Å². The highest BCUT2D eigenvalue weighted by Crippen LogP contribution is 2.26. The Labute approximate surface area is 105 Å². The highest BCUT2D eigenvalue weighted by molar-refractivity contribution is 7.99. The first-order valence-electron chi connectivity index (χ1n) is 5.27. The van der Waals surface area contributed by atoms with Crippen molar-refractivity contribution >= 4 is 17.7 Å². The number of hydrogen-bond donors (Lipinski definition) is 2. The lowest BCUT2D eigenvalue weighted by molar-refractivity contribution is 0.0690. The van der Waals surface area contributed by atoms with Crippen LogP contribution in [-0.2, 0) is 0 Å². The zero-order valence-corrected chi connectivity index (χ0v) is 11.3. The van der Waals surface area contributed by atoms with E-state index in [1.165, 1.54) is 11.8 Å². The number of pyridine rings is 1. The van der Waals surface area contributed by atoms with Crippen molar-refractivity contribution in [3.05, 3.63) is 22.9 Å². The molecular formula is C12H17NO3S.